The van der Waals surface area contributed by atoms with Gasteiger partial charge in [-0.1, -0.05) is 29.3 Å². The number of aromatic nitrogens is 5. The van der Waals surface area contributed by atoms with Crippen molar-refractivity contribution in [3.05, 3.63) is 58.6 Å². The lowest BCUT2D eigenvalue weighted by Crippen LogP contribution is -2.30. The van der Waals surface area contributed by atoms with Crippen LogP contribution in [0.1, 0.15) is 12.0 Å². The van der Waals surface area contributed by atoms with Crippen molar-refractivity contribution in [1.82, 2.24) is 29.5 Å². The summed E-state index contributed by atoms with van der Waals surface area (Å²) in [6.45, 7) is 4.33. The van der Waals surface area contributed by atoms with E-state index in [9.17, 15) is 0 Å². The Morgan fingerprint density at radius 1 is 0.935 bits per heavy atom. The first-order chi connectivity index (χ1) is 15.2. The summed E-state index contributed by atoms with van der Waals surface area (Å²) < 4.78 is 7.55. The number of nitrogens with one attached hydrogen (secondary N) is 1. The van der Waals surface area contributed by atoms with Gasteiger partial charge in [0.1, 0.15) is 12.7 Å². The maximum absolute atomic E-state index is 6.35. The molecule has 1 N–H and O–H groups in total. The monoisotopic (exact) mass is 458 g/mol. The van der Waals surface area contributed by atoms with E-state index in [1.54, 1.807) is 0 Å². The third-order valence-corrected chi connectivity index (χ3v) is 5.96. The van der Waals surface area contributed by atoms with E-state index >= 15 is 0 Å². The minimum Gasteiger partial charge on any atom is -0.425 e. The first kappa shape index (κ1) is 20.0. The number of hydrogen-bond acceptors (Lipinski definition) is 8. The van der Waals surface area contributed by atoms with Crippen LogP contribution >= 0.6 is 23.2 Å². The smallest absolute Gasteiger partial charge is 0.256 e. The van der Waals surface area contributed by atoms with Gasteiger partial charge in [-0.05, 0) is 18.6 Å². The van der Waals surface area contributed by atoms with E-state index in [4.69, 9.17) is 27.6 Å². The quantitative estimate of drug-likeness (QED) is 0.481. The molecule has 1 aliphatic heterocycles. The van der Waals surface area contributed by atoms with Gasteiger partial charge < -0.3 is 9.32 Å². The Morgan fingerprint density at radius 2 is 1.77 bits per heavy atom. The molecule has 160 valence electrons. The lowest BCUT2D eigenvalue weighted by atomic mass is 10.2. The van der Waals surface area contributed by atoms with Crippen LogP contribution < -0.4 is 10.2 Å². The molecule has 0 bridgehead atoms. The van der Waals surface area contributed by atoms with Gasteiger partial charge in [-0.15, -0.1) is 0 Å². The predicted molar refractivity (Wildman–Crippen MR) is 119 cm³/mol. The zero-order valence-corrected chi connectivity index (χ0v) is 18.1. The Morgan fingerprint density at radius 3 is 2.65 bits per heavy atom. The molecule has 1 fully saturated rings. The summed E-state index contributed by atoms with van der Waals surface area (Å²) >= 11 is 12.7. The van der Waals surface area contributed by atoms with Crippen molar-refractivity contribution >= 4 is 46.7 Å². The number of furan rings is 1. The van der Waals surface area contributed by atoms with Crippen molar-refractivity contribution in [3.8, 4) is 0 Å². The van der Waals surface area contributed by atoms with Crippen LogP contribution in [0.3, 0.4) is 0 Å². The SMILES string of the molecule is Clc1cccc(Cl)c1CN1CCCN(c2ccc(Nc3ncnc4ncnn34)o2)CC1. The fourth-order valence-corrected chi connectivity index (χ4v) is 4.20. The minimum absolute atomic E-state index is 0.468. The van der Waals surface area contributed by atoms with Crippen molar-refractivity contribution in [2.75, 3.05) is 36.4 Å². The maximum atomic E-state index is 6.35. The molecule has 0 radical (unpaired) electrons. The van der Waals surface area contributed by atoms with Gasteiger partial charge in [0.25, 0.3) is 5.78 Å². The number of halogens is 2. The highest BCUT2D eigenvalue weighted by Crippen LogP contribution is 2.28. The van der Waals surface area contributed by atoms with Crippen LogP contribution in [-0.2, 0) is 6.54 Å². The van der Waals surface area contributed by atoms with Crippen LogP contribution in [0.5, 0.6) is 0 Å². The number of anilines is 3. The Bertz CT molecular complexity index is 1170. The first-order valence-electron chi connectivity index (χ1n) is 9.95. The van der Waals surface area contributed by atoms with Crippen LogP contribution in [0.25, 0.3) is 5.78 Å². The topological polar surface area (TPSA) is 87.6 Å². The van der Waals surface area contributed by atoms with Gasteiger partial charge in [-0.25, -0.2) is 4.98 Å². The third-order valence-electron chi connectivity index (χ3n) is 5.25. The molecular formula is C20H20Cl2N8O. The fourth-order valence-electron chi connectivity index (χ4n) is 3.68. The minimum atomic E-state index is 0.468. The largest absolute Gasteiger partial charge is 0.425 e. The van der Waals surface area contributed by atoms with Gasteiger partial charge in [-0.3, -0.25) is 10.2 Å². The number of hydrogen-bond donors (Lipinski definition) is 1. The Hall–Kier alpha value is -2.88. The summed E-state index contributed by atoms with van der Waals surface area (Å²) in [6.07, 6.45) is 3.88. The molecule has 1 saturated heterocycles. The predicted octanol–water partition coefficient (Wildman–Crippen LogP) is 3.88. The molecule has 5 rings (SSSR count). The van der Waals surface area contributed by atoms with Crippen LogP contribution in [-0.4, -0.2) is 55.6 Å². The number of rotatable bonds is 5. The van der Waals surface area contributed by atoms with E-state index in [2.05, 4.69) is 35.2 Å². The van der Waals surface area contributed by atoms with Crippen molar-refractivity contribution < 1.29 is 4.42 Å². The second kappa shape index (κ2) is 8.70. The summed E-state index contributed by atoms with van der Waals surface area (Å²) in [5.74, 6) is 2.34. The molecular weight excluding hydrogens is 439 g/mol. The van der Waals surface area contributed by atoms with Crippen molar-refractivity contribution in [3.63, 3.8) is 0 Å². The maximum Gasteiger partial charge on any atom is 0.256 e. The molecule has 11 heteroatoms. The van der Waals surface area contributed by atoms with Crippen LogP contribution in [0, 0.1) is 0 Å². The van der Waals surface area contributed by atoms with E-state index in [1.165, 1.54) is 17.2 Å². The van der Waals surface area contributed by atoms with Crippen LogP contribution in [0.15, 0.2) is 47.4 Å². The van der Waals surface area contributed by atoms with Gasteiger partial charge in [0.2, 0.25) is 11.8 Å². The lowest BCUT2D eigenvalue weighted by Gasteiger charge is -2.22. The normalized spacial score (nSPS) is 15.4. The highest BCUT2D eigenvalue weighted by Gasteiger charge is 2.19. The van der Waals surface area contributed by atoms with E-state index in [0.29, 0.717) is 27.7 Å². The van der Waals surface area contributed by atoms with Crippen LogP contribution in [0.4, 0.5) is 17.7 Å². The van der Waals surface area contributed by atoms with Crippen molar-refractivity contribution in [2.45, 2.75) is 13.0 Å². The van der Waals surface area contributed by atoms with E-state index < -0.39 is 0 Å². The van der Waals surface area contributed by atoms with Gasteiger partial charge in [-0.2, -0.15) is 19.6 Å². The molecule has 4 aromatic rings. The second-order valence-electron chi connectivity index (χ2n) is 7.25. The Balaban J connectivity index is 1.25. The zero-order chi connectivity index (χ0) is 21.2. The Kier molecular flexibility index (Phi) is 5.63. The molecule has 1 aliphatic rings. The number of benzene rings is 1. The summed E-state index contributed by atoms with van der Waals surface area (Å²) in [4.78, 5) is 16.9. The molecule has 0 saturated carbocycles. The lowest BCUT2D eigenvalue weighted by molar-refractivity contribution is 0.285. The number of fused-ring (bicyclic) bond motifs is 1. The first-order valence-corrected chi connectivity index (χ1v) is 10.7. The standard InChI is InChI=1S/C20H20Cl2N8O/c21-15-3-1-4-16(22)14(15)11-28-7-2-8-29(10-9-28)18-6-5-17(31-18)27-20-24-12-23-19-25-13-26-30(19)20/h1,3-6,12-13H,2,7-11H2,(H,23,24,25,26,27). The molecule has 0 spiro atoms. The molecule has 0 unspecified atom stereocenters. The van der Waals surface area contributed by atoms with Gasteiger partial charge in [0, 0.05) is 60.5 Å². The summed E-state index contributed by atoms with van der Waals surface area (Å²) in [6, 6.07) is 9.48. The molecule has 1 aromatic carbocycles. The molecule has 0 atom stereocenters. The van der Waals surface area contributed by atoms with E-state index in [1.807, 2.05) is 30.3 Å². The fraction of sp³-hybridized carbons (Fsp3) is 0.300. The molecule has 9 nitrogen and oxygen atoms in total. The van der Waals surface area contributed by atoms with Crippen LogP contribution in [0.2, 0.25) is 10.0 Å². The molecule has 4 heterocycles. The van der Waals surface area contributed by atoms with Gasteiger partial charge >= 0.3 is 0 Å². The summed E-state index contributed by atoms with van der Waals surface area (Å²) in [5.41, 5.74) is 0.980. The van der Waals surface area contributed by atoms with E-state index in [-0.39, 0.29) is 0 Å². The second-order valence-corrected chi connectivity index (χ2v) is 8.06. The van der Waals surface area contributed by atoms with Gasteiger partial charge in [0.05, 0.1) is 0 Å². The average molecular weight is 459 g/mol. The van der Waals surface area contributed by atoms with Crippen molar-refractivity contribution in [2.24, 2.45) is 0 Å². The average Bonchev–Trinajstić information content (AvgIpc) is 3.37. The molecule has 3 aromatic heterocycles. The summed E-state index contributed by atoms with van der Waals surface area (Å²) in [5, 5.41) is 8.68. The third kappa shape index (κ3) is 4.30. The zero-order valence-electron chi connectivity index (χ0n) is 16.6. The highest BCUT2D eigenvalue weighted by molar-refractivity contribution is 6.35. The van der Waals surface area contributed by atoms with Gasteiger partial charge in [0.15, 0.2) is 5.88 Å². The Labute approximate surface area is 188 Å². The molecule has 31 heavy (non-hydrogen) atoms. The number of nitrogens with zero attached hydrogens (tertiary/aromatic N) is 7. The molecule has 0 aliphatic carbocycles. The molecule has 0 amide bonds. The summed E-state index contributed by atoms with van der Waals surface area (Å²) in [7, 11) is 0. The van der Waals surface area contributed by atoms with E-state index in [0.717, 1.165) is 50.6 Å². The highest BCUT2D eigenvalue weighted by atomic mass is 35.5. The van der Waals surface area contributed by atoms with Crippen molar-refractivity contribution in [1.29, 1.82) is 0 Å².